The maximum atomic E-state index is 4.67. The van der Waals surface area contributed by atoms with Crippen LogP contribution < -0.4 is 10.6 Å². The number of aryl methyl sites for hydroxylation is 2. The van der Waals surface area contributed by atoms with Crippen LogP contribution in [0, 0.1) is 13.8 Å². The largest absolute Gasteiger partial charge is 0.357 e. The SMILES string of the molecule is CCNC(=NCc1ccc(-n2cncn2)cc1)NCCc1nc(C)c(C)s1. The van der Waals surface area contributed by atoms with Crippen molar-refractivity contribution >= 4 is 17.3 Å². The first-order chi connectivity index (χ1) is 13.2. The standard InChI is InChI=1S/C19H25N7S/c1-4-21-19(22-10-9-18-25-14(2)15(3)27-18)23-11-16-5-7-17(8-6-16)26-13-20-12-24-26/h5-8,12-13H,4,9-11H2,1-3H3,(H2,21,22,23). The summed E-state index contributed by atoms with van der Waals surface area (Å²) in [6.45, 7) is 8.49. The number of nitrogens with zero attached hydrogens (tertiary/aromatic N) is 5. The first-order valence-electron chi connectivity index (χ1n) is 9.04. The number of rotatable bonds is 7. The van der Waals surface area contributed by atoms with E-state index in [2.05, 4.69) is 63.6 Å². The van der Waals surface area contributed by atoms with E-state index >= 15 is 0 Å². The summed E-state index contributed by atoms with van der Waals surface area (Å²) < 4.78 is 1.74. The third-order valence-electron chi connectivity index (χ3n) is 4.09. The van der Waals surface area contributed by atoms with Crippen LogP contribution in [0.2, 0.25) is 0 Å². The van der Waals surface area contributed by atoms with Crippen LogP contribution in [0.5, 0.6) is 0 Å². The molecule has 142 valence electrons. The maximum absolute atomic E-state index is 4.67. The molecule has 2 N–H and O–H groups in total. The molecule has 0 fully saturated rings. The van der Waals surface area contributed by atoms with Gasteiger partial charge >= 0.3 is 0 Å². The lowest BCUT2D eigenvalue weighted by Crippen LogP contribution is -2.38. The Morgan fingerprint density at radius 1 is 1.19 bits per heavy atom. The van der Waals surface area contributed by atoms with E-state index in [-0.39, 0.29) is 0 Å². The van der Waals surface area contributed by atoms with Gasteiger partial charge in [-0.1, -0.05) is 12.1 Å². The predicted octanol–water partition coefficient (Wildman–Crippen LogP) is 2.64. The van der Waals surface area contributed by atoms with Crippen molar-refractivity contribution in [2.75, 3.05) is 13.1 Å². The third-order valence-corrected chi connectivity index (χ3v) is 5.22. The van der Waals surface area contributed by atoms with E-state index in [9.17, 15) is 0 Å². The average Bonchev–Trinajstić information content (AvgIpc) is 3.31. The number of aromatic nitrogens is 4. The molecule has 27 heavy (non-hydrogen) atoms. The van der Waals surface area contributed by atoms with E-state index < -0.39 is 0 Å². The summed E-state index contributed by atoms with van der Waals surface area (Å²) >= 11 is 1.77. The molecule has 2 heterocycles. The number of hydrogen-bond donors (Lipinski definition) is 2. The predicted molar refractivity (Wildman–Crippen MR) is 109 cm³/mol. The average molecular weight is 384 g/mol. The van der Waals surface area contributed by atoms with Gasteiger partial charge in [0.25, 0.3) is 0 Å². The molecule has 0 bridgehead atoms. The number of guanidine groups is 1. The van der Waals surface area contributed by atoms with Gasteiger partial charge in [0, 0.05) is 24.4 Å². The maximum Gasteiger partial charge on any atom is 0.191 e. The first kappa shape index (κ1) is 19.0. The number of thiazole rings is 1. The molecule has 1 aromatic carbocycles. The fraction of sp³-hybridized carbons (Fsp3) is 0.368. The highest BCUT2D eigenvalue weighted by molar-refractivity contribution is 7.11. The summed E-state index contributed by atoms with van der Waals surface area (Å²) in [6.07, 6.45) is 4.11. The Morgan fingerprint density at radius 3 is 2.63 bits per heavy atom. The van der Waals surface area contributed by atoms with Gasteiger partial charge in [-0.15, -0.1) is 11.3 Å². The first-order valence-corrected chi connectivity index (χ1v) is 9.86. The van der Waals surface area contributed by atoms with Gasteiger partial charge in [-0.05, 0) is 38.5 Å². The zero-order chi connectivity index (χ0) is 19.1. The Bertz CT molecular complexity index is 847. The normalized spacial score (nSPS) is 11.6. The van der Waals surface area contributed by atoms with Crippen LogP contribution in [0.3, 0.4) is 0 Å². The van der Waals surface area contributed by atoms with Crippen molar-refractivity contribution in [2.45, 2.75) is 33.7 Å². The van der Waals surface area contributed by atoms with Crippen LogP contribution in [0.1, 0.15) is 28.1 Å². The smallest absolute Gasteiger partial charge is 0.191 e. The van der Waals surface area contributed by atoms with Crippen LogP contribution in [0.15, 0.2) is 41.9 Å². The molecule has 2 aromatic heterocycles. The lowest BCUT2D eigenvalue weighted by atomic mass is 10.2. The minimum atomic E-state index is 0.614. The molecule has 0 aliphatic carbocycles. The van der Waals surface area contributed by atoms with Gasteiger partial charge in [-0.2, -0.15) is 5.10 Å². The van der Waals surface area contributed by atoms with Gasteiger partial charge in [-0.25, -0.2) is 19.6 Å². The Labute approximate surface area is 163 Å². The molecular weight excluding hydrogens is 358 g/mol. The van der Waals surface area contributed by atoms with E-state index in [1.807, 2.05) is 12.1 Å². The molecule has 0 saturated heterocycles. The van der Waals surface area contributed by atoms with Crippen LogP contribution >= 0.6 is 11.3 Å². The third kappa shape index (κ3) is 5.37. The Kier molecular flexibility index (Phi) is 6.54. The van der Waals surface area contributed by atoms with Crippen LogP contribution in [0.4, 0.5) is 0 Å². The highest BCUT2D eigenvalue weighted by Crippen LogP contribution is 2.16. The molecule has 3 aromatic rings. The molecule has 8 heteroatoms. The van der Waals surface area contributed by atoms with Crippen molar-refractivity contribution in [1.82, 2.24) is 30.4 Å². The van der Waals surface area contributed by atoms with Crippen molar-refractivity contribution in [3.63, 3.8) is 0 Å². The number of hydrogen-bond acceptors (Lipinski definition) is 5. The van der Waals surface area contributed by atoms with Gasteiger partial charge in [0.1, 0.15) is 12.7 Å². The summed E-state index contributed by atoms with van der Waals surface area (Å²) in [6, 6.07) is 8.16. The van der Waals surface area contributed by atoms with Crippen molar-refractivity contribution in [1.29, 1.82) is 0 Å². The molecule has 0 saturated carbocycles. The Hall–Kier alpha value is -2.74. The summed E-state index contributed by atoms with van der Waals surface area (Å²) in [5, 5.41) is 12.0. The van der Waals surface area contributed by atoms with Gasteiger partial charge in [0.15, 0.2) is 5.96 Å². The highest BCUT2D eigenvalue weighted by atomic mass is 32.1. The van der Waals surface area contributed by atoms with Gasteiger partial charge in [0.05, 0.1) is 22.9 Å². The zero-order valence-electron chi connectivity index (χ0n) is 15.9. The lowest BCUT2D eigenvalue weighted by molar-refractivity contribution is 0.795. The molecule has 0 aliphatic heterocycles. The number of aliphatic imine (C=N–C) groups is 1. The van der Waals surface area contributed by atoms with Crippen LogP contribution in [-0.2, 0) is 13.0 Å². The Morgan fingerprint density at radius 2 is 2.00 bits per heavy atom. The quantitative estimate of drug-likeness (QED) is 0.484. The molecule has 0 unspecified atom stereocenters. The van der Waals surface area contributed by atoms with Crippen LogP contribution in [-0.4, -0.2) is 38.8 Å². The van der Waals surface area contributed by atoms with E-state index in [4.69, 9.17) is 0 Å². The molecule has 0 aliphatic rings. The molecule has 7 nitrogen and oxygen atoms in total. The van der Waals surface area contributed by atoms with Gasteiger partial charge in [-0.3, -0.25) is 0 Å². The van der Waals surface area contributed by atoms with E-state index in [0.29, 0.717) is 6.54 Å². The molecular formula is C19H25N7S. The number of benzene rings is 1. The second kappa shape index (κ2) is 9.27. The number of nitrogens with one attached hydrogen (secondary N) is 2. The second-order valence-electron chi connectivity index (χ2n) is 6.13. The van der Waals surface area contributed by atoms with Crippen molar-refractivity contribution in [2.24, 2.45) is 4.99 Å². The van der Waals surface area contributed by atoms with Crippen molar-refractivity contribution in [3.05, 3.63) is 58.1 Å². The van der Waals surface area contributed by atoms with E-state index in [0.717, 1.165) is 47.4 Å². The van der Waals surface area contributed by atoms with Gasteiger partial charge < -0.3 is 10.6 Å². The summed E-state index contributed by atoms with van der Waals surface area (Å²) in [4.78, 5) is 14.5. The lowest BCUT2D eigenvalue weighted by Gasteiger charge is -2.10. The van der Waals surface area contributed by atoms with E-state index in [1.165, 1.54) is 11.2 Å². The van der Waals surface area contributed by atoms with Crippen LogP contribution in [0.25, 0.3) is 5.69 Å². The highest BCUT2D eigenvalue weighted by Gasteiger charge is 2.04. The summed E-state index contributed by atoms with van der Waals surface area (Å²) in [5.74, 6) is 0.822. The Balaban J connectivity index is 1.54. The monoisotopic (exact) mass is 383 g/mol. The second-order valence-corrected chi connectivity index (χ2v) is 7.42. The molecule has 0 spiro atoms. The molecule has 0 amide bonds. The van der Waals surface area contributed by atoms with Crippen molar-refractivity contribution < 1.29 is 0 Å². The topological polar surface area (TPSA) is 80.0 Å². The van der Waals surface area contributed by atoms with Crippen molar-refractivity contribution in [3.8, 4) is 5.69 Å². The minimum Gasteiger partial charge on any atom is -0.357 e. The fourth-order valence-electron chi connectivity index (χ4n) is 2.54. The minimum absolute atomic E-state index is 0.614. The molecule has 3 rings (SSSR count). The van der Waals surface area contributed by atoms with Gasteiger partial charge in [0.2, 0.25) is 0 Å². The van der Waals surface area contributed by atoms with E-state index in [1.54, 1.807) is 22.3 Å². The summed E-state index contributed by atoms with van der Waals surface area (Å²) in [5.41, 5.74) is 3.26. The summed E-state index contributed by atoms with van der Waals surface area (Å²) in [7, 11) is 0. The molecule has 0 atom stereocenters. The fourth-order valence-corrected chi connectivity index (χ4v) is 3.48. The zero-order valence-corrected chi connectivity index (χ0v) is 16.8. The molecule has 0 radical (unpaired) electrons.